The van der Waals surface area contributed by atoms with Crippen molar-refractivity contribution in [2.75, 3.05) is 19.0 Å². The first kappa shape index (κ1) is 23.7. The molecule has 2 atom stereocenters. The van der Waals surface area contributed by atoms with Gasteiger partial charge >= 0.3 is 6.03 Å². The number of ether oxygens (including phenoxy) is 1. The zero-order valence-electron chi connectivity index (χ0n) is 18.7. The molecule has 3 amide bonds. The van der Waals surface area contributed by atoms with E-state index in [0.717, 1.165) is 24.9 Å². The van der Waals surface area contributed by atoms with Crippen molar-refractivity contribution >= 4 is 40.8 Å². The van der Waals surface area contributed by atoms with Gasteiger partial charge < -0.3 is 20.3 Å². The van der Waals surface area contributed by atoms with E-state index < -0.39 is 0 Å². The number of rotatable bonds is 5. The number of halogens is 2. The Kier molecular flexibility index (Phi) is 7.66. The summed E-state index contributed by atoms with van der Waals surface area (Å²) in [6.45, 7) is 1.05. The zero-order chi connectivity index (χ0) is 23.4. The lowest BCUT2D eigenvalue weighted by molar-refractivity contribution is 0.0388. The lowest BCUT2D eigenvalue weighted by atomic mass is 9.78. The Balaban J connectivity index is 1.41. The topological polar surface area (TPSA) is 70.7 Å². The maximum Gasteiger partial charge on any atom is 0.319 e. The van der Waals surface area contributed by atoms with Crippen molar-refractivity contribution in [3.05, 3.63) is 57.6 Å². The van der Waals surface area contributed by atoms with E-state index in [4.69, 9.17) is 27.9 Å². The number of carbonyl (C=O) groups excluding carboxylic acids is 2. The number of hydrogen-bond donors (Lipinski definition) is 2. The molecule has 8 heteroatoms. The van der Waals surface area contributed by atoms with Crippen LogP contribution in [0.5, 0.6) is 5.75 Å². The molecule has 2 aliphatic rings. The van der Waals surface area contributed by atoms with Gasteiger partial charge in [-0.2, -0.15) is 0 Å². The minimum atomic E-state index is -0.386. The SMILES string of the molecule is COc1cc(NC(=O)NCc2ccc(Cl)cc2Cl)ccc1C(=O)N1CCC[C@H]2CCCC[C@H]21. The molecule has 2 N–H and O–H groups in total. The van der Waals surface area contributed by atoms with E-state index >= 15 is 0 Å². The molecule has 0 spiro atoms. The fourth-order valence-corrected chi connectivity index (χ4v) is 5.47. The van der Waals surface area contributed by atoms with E-state index in [1.54, 1.807) is 36.4 Å². The lowest BCUT2D eigenvalue weighted by Crippen LogP contribution is -2.49. The summed E-state index contributed by atoms with van der Waals surface area (Å²) in [5.74, 6) is 1.08. The number of benzene rings is 2. The van der Waals surface area contributed by atoms with Crippen LogP contribution >= 0.6 is 23.2 Å². The molecule has 0 unspecified atom stereocenters. The molecule has 33 heavy (non-hydrogen) atoms. The van der Waals surface area contributed by atoms with Crippen molar-refractivity contribution in [3.8, 4) is 5.75 Å². The van der Waals surface area contributed by atoms with Gasteiger partial charge in [0.05, 0.1) is 12.7 Å². The summed E-state index contributed by atoms with van der Waals surface area (Å²) in [5, 5.41) is 6.59. The van der Waals surface area contributed by atoms with Gasteiger partial charge in [-0.1, -0.05) is 42.1 Å². The van der Waals surface area contributed by atoms with Crippen LogP contribution in [0, 0.1) is 5.92 Å². The maximum absolute atomic E-state index is 13.4. The molecule has 1 aliphatic carbocycles. The number of piperidine rings is 1. The lowest BCUT2D eigenvalue weighted by Gasteiger charge is -2.44. The van der Waals surface area contributed by atoms with Crippen molar-refractivity contribution < 1.29 is 14.3 Å². The smallest absolute Gasteiger partial charge is 0.319 e. The molecular formula is C25H29Cl2N3O3. The third-order valence-electron chi connectivity index (χ3n) is 6.65. The Morgan fingerprint density at radius 3 is 2.64 bits per heavy atom. The van der Waals surface area contributed by atoms with E-state index in [1.807, 2.05) is 4.90 Å². The van der Waals surface area contributed by atoms with Gasteiger partial charge in [0.15, 0.2) is 0 Å². The zero-order valence-corrected chi connectivity index (χ0v) is 20.2. The third-order valence-corrected chi connectivity index (χ3v) is 7.24. The molecule has 1 saturated carbocycles. The van der Waals surface area contributed by atoms with Gasteiger partial charge in [-0.25, -0.2) is 4.79 Å². The van der Waals surface area contributed by atoms with Gasteiger partial charge in [0.1, 0.15) is 5.75 Å². The first-order valence-electron chi connectivity index (χ1n) is 11.4. The highest BCUT2D eigenvalue weighted by molar-refractivity contribution is 6.35. The van der Waals surface area contributed by atoms with E-state index in [-0.39, 0.29) is 18.5 Å². The molecule has 2 aromatic carbocycles. The number of nitrogens with one attached hydrogen (secondary N) is 2. The summed E-state index contributed by atoms with van der Waals surface area (Å²) in [5.41, 5.74) is 1.83. The summed E-state index contributed by atoms with van der Waals surface area (Å²) >= 11 is 12.1. The van der Waals surface area contributed by atoms with Crippen LogP contribution in [-0.2, 0) is 6.54 Å². The minimum Gasteiger partial charge on any atom is -0.496 e. The fraction of sp³-hybridized carbons (Fsp3) is 0.440. The van der Waals surface area contributed by atoms with Crippen LogP contribution in [-0.4, -0.2) is 36.5 Å². The van der Waals surface area contributed by atoms with Crippen LogP contribution < -0.4 is 15.4 Å². The predicted molar refractivity (Wildman–Crippen MR) is 131 cm³/mol. The Morgan fingerprint density at radius 2 is 1.85 bits per heavy atom. The van der Waals surface area contributed by atoms with E-state index in [9.17, 15) is 9.59 Å². The Hall–Kier alpha value is -2.44. The third kappa shape index (κ3) is 5.56. The monoisotopic (exact) mass is 489 g/mol. The second-order valence-electron chi connectivity index (χ2n) is 8.71. The van der Waals surface area contributed by atoms with Crippen molar-refractivity contribution in [2.24, 2.45) is 5.92 Å². The standard InChI is InChI=1S/C25H29Cl2N3O3/c1-33-23-14-19(29-25(32)28-15-17-8-9-18(26)13-21(17)27)10-11-20(23)24(31)30-12-4-6-16-5-2-3-7-22(16)30/h8-11,13-14,16,22H,2-7,12,15H2,1H3,(H2,28,29,32)/t16-,22-/m1/s1. The number of likely N-dealkylation sites (tertiary alicyclic amines) is 1. The Labute approximate surface area is 204 Å². The number of methoxy groups -OCH3 is 1. The summed E-state index contributed by atoms with van der Waals surface area (Å²) < 4.78 is 5.52. The van der Waals surface area contributed by atoms with Crippen LogP contribution in [0.1, 0.15) is 54.4 Å². The molecule has 176 valence electrons. The van der Waals surface area contributed by atoms with Gasteiger partial charge in [0.2, 0.25) is 0 Å². The van der Waals surface area contributed by atoms with Crippen LogP contribution in [0.4, 0.5) is 10.5 Å². The van der Waals surface area contributed by atoms with Crippen LogP contribution in [0.25, 0.3) is 0 Å². The van der Waals surface area contributed by atoms with Gasteiger partial charge in [0.25, 0.3) is 5.91 Å². The molecule has 2 aromatic rings. The summed E-state index contributed by atoms with van der Waals surface area (Å²) in [6.07, 6.45) is 7.00. The molecule has 1 saturated heterocycles. The van der Waals surface area contributed by atoms with E-state index in [2.05, 4.69) is 10.6 Å². The Morgan fingerprint density at radius 1 is 1.06 bits per heavy atom. The summed E-state index contributed by atoms with van der Waals surface area (Å²) in [6, 6.07) is 10.2. The average Bonchev–Trinajstić information content (AvgIpc) is 2.82. The maximum atomic E-state index is 13.4. The molecule has 0 aromatic heterocycles. The fourth-order valence-electron chi connectivity index (χ4n) is 4.99. The number of urea groups is 1. The van der Waals surface area contributed by atoms with Gasteiger partial charge in [0, 0.05) is 40.9 Å². The number of amides is 3. The van der Waals surface area contributed by atoms with Gasteiger partial charge in [-0.15, -0.1) is 0 Å². The van der Waals surface area contributed by atoms with Gasteiger partial charge in [-0.05, 0) is 61.4 Å². The number of hydrogen-bond acceptors (Lipinski definition) is 3. The van der Waals surface area contributed by atoms with Crippen LogP contribution in [0.3, 0.4) is 0 Å². The number of anilines is 1. The second kappa shape index (κ2) is 10.7. The highest BCUT2D eigenvalue weighted by atomic mass is 35.5. The highest BCUT2D eigenvalue weighted by Gasteiger charge is 2.36. The summed E-state index contributed by atoms with van der Waals surface area (Å²) in [7, 11) is 1.54. The normalized spacial score (nSPS) is 20.0. The van der Waals surface area contributed by atoms with Crippen molar-refractivity contribution in [1.82, 2.24) is 10.2 Å². The van der Waals surface area contributed by atoms with Crippen molar-refractivity contribution in [3.63, 3.8) is 0 Å². The number of fused-ring (bicyclic) bond motifs is 1. The second-order valence-corrected chi connectivity index (χ2v) is 9.55. The van der Waals surface area contributed by atoms with Crippen LogP contribution in [0.15, 0.2) is 36.4 Å². The molecule has 0 bridgehead atoms. The molecule has 0 radical (unpaired) electrons. The van der Waals surface area contributed by atoms with E-state index in [1.165, 1.54) is 32.8 Å². The summed E-state index contributed by atoms with van der Waals surface area (Å²) in [4.78, 5) is 27.8. The first-order chi connectivity index (χ1) is 16.0. The molecule has 1 aliphatic heterocycles. The number of nitrogens with zero attached hydrogens (tertiary/aromatic N) is 1. The molecule has 2 fully saturated rings. The first-order valence-corrected chi connectivity index (χ1v) is 12.2. The predicted octanol–water partition coefficient (Wildman–Crippen LogP) is 6.12. The highest BCUT2D eigenvalue weighted by Crippen LogP contribution is 2.37. The van der Waals surface area contributed by atoms with E-state index in [0.29, 0.717) is 39.0 Å². The van der Waals surface area contributed by atoms with Gasteiger partial charge in [-0.3, -0.25) is 4.79 Å². The van der Waals surface area contributed by atoms with Crippen molar-refractivity contribution in [2.45, 2.75) is 51.1 Å². The largest absolute Gasteiger partial charge is 0.496 e. The Bertz CT molecular complexity index is 1030. The molecular weight excluding hydrogens is 461 g/mol. The molecule has 4 rings (SSSR count). The van der Waals surface area contributed by atoms with Crippen LogP contribution in [0.2, 0.25) is 10.0 Å². The molecule has 6 nitrogen and oxygen atoms in total. The number of carbonyl (C=O) groups is 2. The average molecular weight is 490 g/mol. The molecule has 1 heterocycles. The minimum absolute atomic E-state index is 0.0110. The quantitative estimate of drug-likeness (QED) is 0.531. The van der Waals surface area contributed by atoms with Crippen molar-refractivity contribution in [1.29, 1.82) is 0 Å².